The summed E-state index contributed by atoms with van der Waals surface area (Å²) < 4.78 is 4.67. The van der Waals surface area contributed by atoms with Crippen molar-refractivity contribution < 1.29 is 19.4 Å². The van der Waals surface area contributed by atoms with Crippen LogP contribution in [0.25, 0.3) is 0 Å². The number of hydrogen-bond donors (Lipinski definition) is 2. The van der Waals surface area contributed by atoms with Crippen LogP contribution in [0.15, 0.2) is 18.2 Å². The summed E-state index contributed by atoms with van der Waals surface area (Å²) in [6, 6.07) is 4.68. The van der Waals surface area contributed by atoms with E-state index in [1.807, 2.05) is 6.92 Å². The van der Waals surface area contributed by atoms with Crippen LogP contribution in [-0.4, -0.2) is 30.1 Å². The molecule has 5 heteroatoms. The van der Waals surface area contributed by atoms with Gasteiger partial charge in [-0.1, -0.05) is 11.6 Å². The first kappa shape index (κ1) is 13.0. The second-order valence-corrected chi connectivity index (χ2v) is 3.51. The Morgan fingerprint density at radius 2 is 2.12 bits per heavy atom. The summed E-state index contributed by atoms with van der Waals surface area (Å²) in [5.74, 6) is -1.12. The number of ether oxygens (including phenoxy) is 1. The lowest BCUT2D eigenvalue weighted by Crippen LogP contribution is -2.30. The van der Waals surface area contributed by atoms with Gasteiger partial charge in [-0.2, -0.15) is 0 Å². The Balaban J connectivity index is 2.64. The number of carbonyl (C=O) groups excluding carboxylic acids is 2. The maximum atomic E-state index is 11.6. The summed E-state index contributed by atoms with van der Waals surface area (Å²) in [5, 5.41) is 11.9. The molecule has 0 atom stereocenters. The van der Waals surface area contributed by atoms with Crippen LogP contribution in [-0.2, 0) is 9.53 Å². The first-order valence-electron chi connectivity index (χ1n) is 5.28. The van der Waals surface area contributed by atoms with Crippen LogP contribution in [0.5, 0.6) is 5.75 Å². The largest absolute Gasteiger partial charge is 0.507 e. The van der Waals surface area contributed by atoms with Crippen LogP contribution in [0.3, 0.4) is 0 Å². The summed E-state index contributed by atoms with van der Waals surface area (Å²) in [4.78, 5) is 22.7. The van der Waals surface area contributed by atoms with Gasteiger partial charge in [-0.3, -0.25) is 9.59 Å². The topological polar surface area (TPSA) is 75.6 Å². The van der Waals surface area contributed by atoms with Crippen molar-refractivity contribution in [3.8, 4) is 5.75 Å². The maximum absolute atomic E-state index is 11.6. The molecule has 92 valence electrons. The number of nitrogens with one attached hydrogen (secondary N) is 1. The highest BCUT2D eigenvalue weighted by Gasteiger charge is 2.12. The van der Waals surface area contributed by atoms with Crippen LogP contribution < -0.4 is 5.32 Å². The Kier molecular flexibility index (Phi) is 4.51. The van der Waals surface area contributed by atoms with Gasteiger partial charge in [-0.05, 0) is 26.0 Å². The molecule has 17 heavy (non-hydrogen) atoms. The van der Waals surface area contributed by atoms with Gasteiger partial charge < -0.3 is 15.2 Å². The lowest BCUT2D eigenvalue weighted by molar-refractivity contribution is -0.141. The summed E-state index contributed by atoms with van der Waals surface area (Å²) in [5.41, 5.74) is 0.999. The Morgan fingerprint density at radius 3 is 2.76 bits per heavy atom. The van der Waals surface area contributed by atoms with Crippen LogP contribution in [0, 0.1) is 6.92 Å². The molecule has 1 aromatic rings. The van der Waals surface area contributed by atoms with Crippen molar-refractivity contribution in [1.82, 2.24) is 5.32 Å². The van der Waals surface area contributed by atoms with Gasteiger partial charge in [-0.25, -0.2) is 0 Å². The first-order valence-corrected chi connectivity index (χ1v) is 5.28. The van der Waals surface area contributed by atoms with Crippen LogP contribution in [0.4, 0.5) is 0 Å². The zero-order chi connectivity index (χ0) is 12.8. The number of benzene rings is 1. The third kappa shape index (κ3) is 3.79. The zero-order valence-electron chi connectivity index (χ0n) is 9.82. The van der Waals surface area contributed by atoms with E-state index in [-0.39, 0.29) is 24.5 Å². The van der Waals surface area contributed by atoms with Crippen molar-refractivity contribution in [2.75, 3.05) is 13.2 Å². The minimum Gasteiger partial charge on any atom is -0.507 e. The van der Waals surface area contributed by atoms with E-state index in [0.717, 1.165) is 5.56 Å². The molecule has 0 bridgehead atoms. The van der Waals surface area contributed by atoms with Gasteiger partial charge >= 0.3 is 5.97 Å². The van der Waals surface area contributed by atoms with E-state index in [9.17, 15) is 14.7 Å². The lowest BCUT2D eigenvalue weighted by Gasteiger charge is -2.07. The van der Waals surface area contributed by atoms with Gasteiger partial charge in [0.15, 0.2) is 0 Å². The molecule has 0 aliphatic carbocycles. The fraction of sp³-hybridized carbons (Fsp3) is 0.333. The summed E-state index contributed by atoms with van der Waals surface area (Å²) in [6.07, 6.45) is 0. The average Bonchev–Trinajstić information content (AvgIpc) is 2.29. The van der Waals surface area contributed by atoms with Crippen LogP contribution in [0.1, 0.15) is 22.8 Å². The Morgan fingerprint density at radius 1 is 1.41 bits per heavy atom. The Bertz CT molecular complexity index is 429. The van der Waals surface area contributed by atoms with Crippen LogP contribution in [0.2, 0.25) is 0 Å². The SMILES string of the molecule is CCOC(=O)CNC(=O)c1cc(C)ccc1O. The van der Waals surface area contributed by atoms with E-state index in [1.165, 1.54) is 6.07 Å². The van der Waals surface area contributed by atoms with E-state index in [1.54, 1.807) is 19.1 Å². The number of phenols is 1. The molecule has 0 unspecified atom stereocenters. The molecule has 1 aromatic carbocycles. The molecule has 0 radical (unpaired) electrons. The molecule has 1 rings (SSSR count). The van der Waals surface area contributed by atoms with E-state index in [0.29, 0.717) is 0 Å². The van der Waals surface area contributed by atoms with Gasteiger partial charge in [0, 0.05) is 0 Å². The average molecular weight is 237 g/mol. The molecule has 0 aromatic heterocycles. The smallest absolute Gasteiger partial charge is 0.325 e. The van der Waals surface area contributed by atoms with Gasteiger partial charge in [0.25, 0.3) is 5.91 Å². The van der Waals surface area contributed by atoms with Gasteiger partial charge in [0.1, 0.15) is 12.3 Å². The molecule has 1 amide bonds. The van der Waals surface area contributed by atoms with Crippen molar-refractivity contribution in [2.45, 2.75) is 13.8 Å². The lowest BCUT2D eigenvalue weighted by atomic mass is 10.1. The highest BCUT2D eigenvalue weighted by atomic mass is 16.5. The van der Waals surface area contributed by atoms with Crippen molar-refractivity contribution in [3.63, 3.8) is 0 Å². The second kappa shape index (κ2) is 5.89. The molecule has 5 nitrogen and oxygen atoms in total. The van der Waals surface area contributed by atoms with E-state index < -0.39 is 11.9 Å². The number of phenolic OH excluding ortho intramolecular Hbond substituents is 1. The normalized spacial score (nSPS) is 9.76. The van der Waals surface area contributed by atoms with E-state index >= 15 is 0 Å². The molecule has 0 spiro atoms. The highest BCUT2D eigenvalue weighted by Crippen LogP contribution is 2.17. The molecule has 0 saturated carbocycles. The fourth-order valence-corrected chi connectivity index (χ4v) is 1.29. The number of carbonyl (C=O) groups is 2. The van der Waals surface area contributed by atoms with Crippen molar-refractivity contribution in [3.05, 3.63) is 29.3 Å². The number of amides is 1. The maximum Gasteiger partial charge on any atom is 0.325 e. The Hall–Kier alpha value is -2.04. The van der Waals surface area contributed by atoms with Crippen molar-refractivity contribution in [2.24, 2.45) is 0 Å². The number of aryl methyl sites for hydroxylation is 1. The molecule has 0 aliphatic heterocycles. The van der Waals surface area contributed by atoms with Crippen molar-refractivity contribution >= 4 is 11.9 Å². The molecular weight excluding hydrogens is 222 g/mol. The number of hydrogen-bond acceptors (Lipinski definition) is 4. The standard InChI is InChI=1S/C12H15NO4/c1-3-17-11(15)7-13-12(16)9-6-8(2)4-5-10(9)14/h4-6,14H,3,7H2,1-2H3,(H,13,16). The fourth-order valence-electron chi connectivity index (χ4n) is 1.29. The minimum absolute atomic E-state index is 0.114. The summed E-state index contributed by atoms with van der Waals surface area (Å²) in [7, 11) is 0. The minimum atomic E-state index is -0.506. The third-order valence-corrected chi connectivity index (χ3v) is 2.10. The molecule has 2 N–H and O–H groups in total. The molecule has 0 aliphatic rings. The van der Waals surface area contributed by atoms with E-state index in [4.69, 9.17) is 0 Å². The quantitative estimate of drug-likeness (QED) is 0.766. The predicted molar refractivity (Wildman–Crippen MR) is 61.8 cm³/mol. The molecule has 0 heterocycles. The van der Waals surface area contributed by atoms with Gasteiger partial charge in [0.05, 0.1) is 12.2 Å². The summed E-state index contributed by atoms with van der Waals surface area (Å²) in [6.45, 7) is 3.55. The monoisotopic (exact) mass is 237 g/mol. The second-order valence-electron chi connectivity index (χ2n) is 3.51. The molecule has 0 fully saturated rings. The predicted octanol–water partition coefficient (Wildman–Crippen LogP) is 0.994. The van der Waals surface area contributed by atoms with Gasteiger partial charge in [-0.15, -0.1) is 0 Å². The first-order chi connectivity index (χ1) is 8.04. The molecular formula is C12H15NO4. The number of rotatable bonds is 4. The van der Waals surface area contributed by atoms with E-state index in [2.05, 4.69) is 10.1 Å². The Labute approximate surface area is 99.4 Å². The third-order valence-electron chi connectivity index (χ3n) is 2.10. The van der Waals surface area contributed by atoms with Crippen molar-refractivity contribution in [1.29, 1.82) is 0 Å². The highest BCUT2D eigenvalue weighted by molar-refractivity contribution is 5.98. The zero-order valence-corrected chi connectivity index (χ0v) is 9.82. The number of esters is 1. The summed E-state index contributed by atoms with van der Waals surface area (Å²) >= 11 is 0. The van der Waals surface area contributed by atoms with Crippen LogP contribution >= 0.6 is 0 Å². The molecule has 0 saturated heterocycles. The number of aromatic hydroxyl groups is 1. The van der Waals surface area contributed by atoms with Gasteiger partial charge in [0.2, 0.25) is 0 Å².